The smallest absolute Gasteiger partial charge is 0.356 e. The van der Waals surface area contributed by atoms with Crippen LogP contribution < -0.4 is 0 Å². The molecule has 1 aromatic carbocycles. The summed E-state index contributed by atoms with van der Waals surface area (Å²) in [6, 6.07) is 3.10. The zero-order valence-electron chi connectivity index (χ0n) is 14.1. The lowest BCUT2D eigenvalue weighted by Crippen LogP contribution is -2.19. The average Bonchev–Trinajstić information content (AvgIpc) is 2.84. The number of imidazole rings is 1. The third-order valence-electron chi connectivity index (χ3n) is 3.45. The summed E-state index contributed by atoms with van der Waals surface area (Å²) in [7, 11) is 0. The normalized spacial score (nSPS) is 12.2. The Morgan fingerprint density at radius 2 is 1.83 bits per heavy atom. The molecule has 0 aliphatic rings. The van der Waals surface area contributed by atoms with E-state index in [1.807, 2.05) is 6.92 Å². The summed E-state index contributed by atoms with van der Waals surface area (Å²) < 4.78 is 39.3. The van der Waals surface area contributed by atoms with Crippen molar-refractivity contribution in [3.63, 3.8) is 0 Å². The molecule has 1 aromatic heterocycles. The molecule has 24 heavy (non-hydrogen) atoms. The molecule has 0 spiro atoms. The van der Waals surface area contributed by atoms with Crippen LogP contribution in [0.2, 0.25) is 0 Å². The second-order valence-corrected chi connectivity index (χ2v) is 5.17. The topological polar surface area (TPSA) is 53.3 Å². The predicted molar refractivity (Wildman–Crippen MR) is 84.6 cm³/mol. The third-order valence-corrected chi connectivity index (χ3v) is 3.45. The summed E-state index contributed by atoms with van der Waals surface area (Å²) in [5.74, 6) is -1.76. The highest BCUT2D eigenvalue weighted by Gasteiger charge is 2.26. The minimum Gasteiger partial charge on any atom is -0.461 e. The Hall–Kier alpha value is -2.28. The maximum atomic E-state index is 13.6. The van der Waals surface area contributed by atoms with E-state index in [4.69, 9.17) is 9.47 Å². The van der Waals surface area contributed by atoms with Crippen LogP contribution in [0.1, 0.15) is 43.2 Å². The van der Waals surface area contributed by atoms with E-state index in [-0.39, 0.29) is 23.7 Å². The first-order chi connectivity index (χ1) is 11.4. The van der Waals surface area contributed by atoms with Gasteiger partial charge in [-0.05, 0) is 39.8 Å². The Bertz CT molecular complexity index is 723. The summed E-state index contributed by atoms with van der Waals surface area (Å²) in [5, 5.41) is 0. The summed E-state index contributed by atoms with van der Waals surface area (Å²) in [5.41, 5.74) is 0.829. The lowest BCUT2D eigenvalue weighted by molar-refractivity contribution is 0.0195. The first-order valence-electron chi connectivity index (χ1n) is 7.73. The molecule has 5 nitrogen and oxygen atoms in total. The van der Waals surface area contributed by atoms with Crippen LogP contribution in [0, 0.1) is 18.6 Å². The Kier molecular flexibility index (Phi) is 5.66. The molecule has 1 atom stereocenters. The van der Waals surface area contributed by atoms with Gasteiger partial charge >= 0.3 is 5.97 Å². The number of carbonyl (C=O) groups is 1. The number of rotatable bonds is 6. The molecule has 0 fully saturated rings. The largest absolute Gasteiger partial charge is 0.461 e. The van der Waals surface area contributed by atoms with Crippen LogP contribution >= 0.6 is 0 Å². The van der Waals surface area contributed by atoms with Gasteiger partial charge in [-0.1, -0.05) is 0 Å². The molecule has 0 N–H and O–H groups in total. The van der Waals surface area contributed by atoms with Gasteiger partial charge < -0.3 is 9.47 Å². The molecule has 1 unspecified atom stereocenters. The second-order valence-electron chi connectivity index (χ2n) is 5.17. The van der Waals surface area contributed by atoms with Crippen molar-refractivity contribution in [1.82, 2.24) is 9.55 Å². The van der Waals surface area contributed by atoms with Crippen LogP contribution in [-0.2, 0) is 9.47 Å². The Balaban J connectivity index is 2.66. The van der Waals surface area contributed by atoms with Gasteiger partial charge in [-0.15, -0.1) is 0 Å². The maximum Gasteiger partial charge on any atom is 0.356 e. The van der Waals surface area contributed by atoms with Gasteiger partial charge in [0.15, 0.2) is 5.69 Å². The van der Waals surface area contributed by atoms with Gasteiger partial charge in [0, 0.05) is 18.2 Å². The minimum atomic E-state index is -0.723. The fourth-order valence-corrected chi connectivity index (χ4v) is 2.55. The number of carbonyl (C=O) groups excluding carboxylic acids is 1. The van der Waals surface area contributed by atoms with Crippen LogP contribution in [0.3, 0.4) is 0 Å². The van der Waals surface area contributed by atoms with E-state index in [0.717, 1.165) is 18.2 Å². The van der Waals surface area contributed by atoms with Gasteiger partial charge in [-0.3, -0.25) is 4.57 Å². The van der Waals surface area contributed by atoms with Crippen molar-refractivity contribution in [3.8, 4) is 11.4 Å². The third kappa shape index (κ3) is 3.62. The molecule has 7 heteroatoms. The zero-order valence-corrected chi connectivity index (χ0v) is 14.1. The average molecular weight is 338 g/mol. The van der Waals surface area contributed by atoms with Crippen LogP contribution in [-0.4, -0.2) is 28.7 Å². The number of ether oxygens (including phenoxy) is 2. The standard InChI is InChI=1S/C17H20F2N2O3/c1-5-23-11(4)21-15(17(22)24-6-2)10(3)20-16(21)12-7-13(18)9-14(19)8-12/h7-9,11H,5-6H2,1-4H3. The van der Waals surface area contributed by atoms with E-state index in [2.05, 4.69) is 4.98 Å². The van der Waals surface area contributed by atoms with Crippen LogP contribution in [0.4, 0.5) is 8.78 Å². The van der Waals surface area contributed by atoms with Crippen molar-refractivity contribution in [1.29, 1.82) is 0 Å². The molecule has 0 radical (unpaired) electrons. The van der Waals surface area contributed by atoms with E-state index < -0.39 is 23.8 Å². The summed E-state index contributed by atoms with van der Waals surface area (Å²) >= 11 is 0. The minimum absolute atomic E-state index is 0.205. The number of esters is 1. The molecule has 130 valence electrons. The van der Waals surface area contributed by atoms with Gasteiger partial charge in [0.2, 0.25) is 0 Å². The van der Waals surface area contributed by atoms with E-state index in [0.29, 0.717) is 12.3 Å². The fraction of sp³-hybridized carbons (Fsp3) is 0.412. The van der Waals surface area contributed by atoms with Gasteiger partial charge in [0.05, 0.1) is 12.3 Å². The first-order valence-corrected chi connectivity index (χ1v) is 7.73. The summed E-state index contributed by atoms with van der Waals surface area (Å²) in [6.45, 7) is 7.48. The highest BCUT2D eigenvalue weighted by molar-refractivity contribution is 5.90. The molecular formula is C17H20F2N2O3. The Morgan fingerprint density at radius 3 is 2.38 bits per heavy atom. The lowest BCUT2D eigenvalue weighted by Gasteiger charge is -2.19. The summed E-state index contributed by atoms with van der Waals surface area (Å²) in [4.78, 5) is 16.6. The Morgan fingerprint density at radius 1 is 1.21 bits per heavy atom. The number of hydrogen-bond donors (Lipinski definition) is 0. The van der Waals surface area contributed by atoms with Crippen molar-refractivity contribution in [3.05, 3.63) is 41.2 Å². The molecular weight excluding hydrogens is 318 g/mol. The van der Waals surface area contributed by atoms with E-state index >= 15 is 0 Å². The molecule has 0 aliphatic heterocycles. The molecule has 0 amide bonds. The quantitative estimate of drug-likeness (QED) is 0.750. The van der Waals surface area contributed by atoms with Crippen molar-refractivity contribution >= 4 is 5.97 Å². The van der Waals surface area contributed by atoms with Gasteiger partial charge in [0.25, 0.3) is 0 Å². The lowest BCUT2D eigenvalue weighted by atomic mass is 10.2. The molecule has 0 aliphatic carbocycles. The van der Waals surface area contributed by atoms with Crippen molar-refractivity contribution in [2.24, 2.45) is 0 Å². The second kappa shape index (κ2) is 7.53. The highest BCUT2D eigenvalue weighted by atomic mass is 19.1. The zero-order chi connectivity index (χ0) is 17.9. The van der Waals surface area contributed by atoms with Crippen LogP contribution in [0.15, 0.2) is 18.2 Å². The Labute approximate surface area is 139 Å². The fourth-order valence-electron chi connectivity index (χ4n) is 2.55. The number of nitrogens with zero attached hydrogens (tertiary/aromatic N) is 2. The molecule has 0 saturated heterocycles. The first kappa shape index (κ1) is 18.1. The van der Waals surface area contributed by atoms with Crippen molar-refractivity contribution < 1.29 is 23.0 Å². The molecule has 2 aromatic rings. The number of halogens is 2. The van der Waals surface area contributed by atoms with Crippen LogP contribution in [0.25, 0.3) is 11.4 Å². The van der Waals surface area contributed by atoms with Gasteiger partial charge in [-0.25, -0.2) is 18.6 Å². The monoisotopic (exact) mass is 338 g/mol. The number of aromatic nitrogens is 2. The molecule has 2 rings (SSSR count). The van der Waals surface area contributed by atoms with E-state index in [9.17, 15) is 13.6 Å². The molecule has 1 heterocycles. The van der Waals surface area contributed by atoms with Gasteiger partial charge in [0.1, 0.15) is 23.7 Å². The summed E-state index contributed by atoms with van der Waals surface area (Å²) in [6.07, 6.45) is -0.558. The predicted octanol–water partition coefficient (Wildman–Crippen LogP) is 3.87. The number of aryl methyl sites for hydroxylation is 1. The van der Waals surface area contributed by atoms with Crippen molar-refractivity contribution in [2.75, 3.05) is 13.2 Å². The van der Waals surface area contributed by atoms with E-state index in [1.165, 1.54) is 4.57 Å². The molecule has 0 bridgehead atoms. The number of benzene rings is 1. The SMILES string of the molecule is CCOC(=O)c1c(C)nc(-c2cc(F)cc(F)c2)n1C(C)OCC. The van der Waals surface area contributed by atoms with Gasteiger partial charge in [-0.2, -0.15) is 0 Å². The van der Waals surface area contributed by atoms with Crippen molar-refractivity contribution in [2.45, 2.75) is 33.9 Å². The maximum absolute atomic E-state index is 13.6. The number of hydrogen-bond acceptors (Lipinski definition) is 4. The molecule has 0 saturated carbocycles. The highest BCUT2D eigenvalue weighted by Crippen LogP contribution is 2.28. The van der Waals surface area contributed by atoms with E-state index in [1.54, 1.807) is 20.8 Å². The van der Waals surface area contributed by atoms with Crippen LogP contribution in [0.5, 0.6) is 0 Å².